The molecule has 174 valence electrons. The first-order valence-corrected chi connectivity index (χ1v) is 7.77. The van der Waals surface area contributed by atoms with Gasteiger partial charge in [0.1, 0.15) is 0 Å². The molecule has 0 radical (unpaired) electrons. The number of aliphatic hydroxyl groups excluding tert-OH is 1. The highest BCUT2D eigenvalue weighted by atomic mass is 19.4. The lowest BCUT2D eigenvalue weighted by Gasteiger charge is -2.42. The zero-order valence-electron chi connectivity index (χ0n) is 14.8. The van der Waals surface area contributed by atoms with Crippen LogP contribution in [-0.2, 0) is 0 Å². The first-order valence-electron chi connectivity index (χ1n) is 7.77. The maximum Gasteiger partial charge on any atom is 0.460 e. The van der Waals surface area contributed by atoms with E-state index in [2.05, 4.69) is 0 Å². The minimum absolute atomic E-state index is 0.00849. The molecule has 1 nitrogen and oxygen atoms in total. The van der Waals surface area contributed by atoms with Gasteiger partial charge in [-0.15, -0.1) is 0 Å². The van der Waals surface area contributed by atoms with Crippen molar-refractivity contribution in [2.45, 2.75) is 55.7 Å². The normalized spacial score (nSPS) is 17.1. The predicted molar refractivity (Wildman–Crippen MR) is 76.1 cm³/mol. The second-order valence-corrected chi connectivity index (χ2v) is 6.56. The molecule has 0 spiro atoms. The average molecular weight is 468 g/mol. The van der Waals surface area contributed by atoms with Crippen LogP contribution in [0.1, 0.15) is 24.2 Å². The molecule has 2 unspecified atom stereocenters. The highest BCUT2D eigenvalue weighted by Crippen LogP contribution is 2.61. The van der Waals surface area contributed by atoms with E-state index in [-0.39, 0.29) is 6.92 Å². The summed E-state index contributed by atoms with van der Waals surface area (Å²) >= 11 is 0. The molecule has 0 amide bonds. The number of aryl methyl sites for hydroxylation is 1. The zero-order valence-corrected chi connectivity index (χ0v) is 14.8. The molecule has 0 aliphatic rings. The van der Waals surface area contributed by atoms with Crippen LogP contribution < -0.4 is 0 Å². The van der Waals surface area contributed by atoms with Crippen molar-refractivity contribution < 1.29 is 62.2 Å². The molecule has 1 aromatic rings. The Morgan fingerprint density at radius 2 is 1.00 bits per heavy atom. The summed E-state index contributed by atoms with van der Waals surface area (Å²) in [5.74, 6) is -40.7. The topological polar surface area (TPSA) is 20.2 Å². The standard InChI is InChI=1S/C16H13F13O/c1-7-3-5-9(6-4-7)10(30)8(2)11(17,18)12(19,20)13(21,22)14(23,24)15(25,26)16(27,28)29/h3-6,8,10,30H,1-2H3. The third-order valence-electron chi connectivity index (χ3n) is 4.42. The molecule has 14 heteroatoms. The zero-order chi connectivity index (χ0) is 24.1. The molecule has 1 N–H and O–H groups in total. The lowest BCUT2D eigenvalue weighted by molar-refractivity contribution is -0.444. The van der Waals surface area contributed by atoms with Gasteiger partial charge in [0.05, 0.1) is 12.0 Å². The Hall–Kier alpha value is -1.73. The fourth-order valence-electron chi connectivity index (χ4n) is 2.32. The van der Waals surface area contributed by atoms with E-state index in [0.29, 0.717) is 5.56 Å². The predicted octanol–water partition coefficient (Wildman–Crippen LogP) is 6.40. The second kappa shape index (κ2) is 7.45. The monoisotopic (exact) mass is 468 g/mol. The van der Waals surface area contributed by atoms with E-state index < -0.39 is 53.4 Å². The molecule has 0 saturated carbocycles. The van der Waals surface area contributed by atoms with Crippen molar-refractivity contribution in [2.75, 3.05) is 0 Å². The Balaban J connectivity index is 3.45. The number of rotatable bonds is 7. The van der Waals surface area contributed by atoms with Gasteiger partial charge < -0.3 is 5.11 Å². The summed E-state index contributed by atoms with van der Waals surface area (Å²) < 4.78 is 171. The number of benzene rings is 1. The number of alkyl halides is 13. The van der Waals surface area contributed by atoms with Gasteiger partial charge >= 0.3 is 35.8 Å². The fourth-order valence-corrected chi connectivity index (χ4v) is 2.32. The van der Waals surface area contributed by atoms with E-state index in [1.165, 1.54) is 19.1 Å². The SMILES string of the molecule is Cc1ccc(C(O)C(C)C(F)(F)C(F)(F)C(F)(F)C(F)(F)C(F)(F)C(F)(F)F)cc1. The third kappa shape index (κ3) is 3.71. The van der Waals surface area contributed by atoms with Gasteiger partial charge in [-0.1, -0.05) is 36.8 Å². The van der Waals surface area contributed by atoms with E-state index >= 15 is 0 Å². The second-order valence-electron chi connectivity index (χ2n) is 6.56. The van der Waals surface area contributed by atoms with Gasteiger partial charge in [-0.2, -0.15) is 57.1 Å². The molecule has 0 saturated heterocycles. The van der Waals surface area contributed by atoms with Gasteiger partial charge in [-0.25, -0.2) is 0 Å². The number of hydrogen-bond acceptors (Lipinski definition) is 1. The molecule has 0 aliphatic carbocycles. The van der Waals surface area contributed by atoms with Crippen LogP contribution in [0.25, 0.3) is 0 Å². The largest absolute Gasteiger partial charge is 0.460 e. The average Bonchev–Trinajstić information content (AvgIpc) is 2.59. The quantitative estimate of drug-likeness (QED) is 0.459. The first kappa shape index (κ1) is 26.3. The van der Waals surface area contributed by atoms with E-state index in [1.54, 1.807) is 0 Å². The van der Waals surface area contributed by atoms with Gasteiger partial charge in [0.2, 0.25) is 0 Å². The molecule has 1 rings (SSSR count). The molecular formula is C16H13F13O. The smallest absolute Gasteiger partial charge is 0.388 e. The van der Waals surface area contributed by atoms with Crippen LogP contribution in [0.2, 0.25) is 0 Å². The van der Waals surface area contributed by atoms with Crippen LogP contribution >= 0.6 is 0 Å². The maximum absolute atomic E-state index is 14.1. The summed E-state index contributed by atoms with van der Waals surface area (Å²) in [6.45, 7) is 1.49. The van der Waals surface area contributed by atoms with Crippen molar-refractivity contribution in [1.29, 1.82) is 0 Å². The van der Waals surface area contributed by atoms with Crippen LogP contribution in [0.5, 0.6) is 0 Å². The molecule has 0 aliphatic heterocycles. The third-order valence-corrected chi connectivity index (χ3v) is 4.42. The number of aliphatic hydroxyl groups is 1. The Morgan fingerprint density at radius 3 is 1.37 bits per heavy atom. The summed E-state index contributed by atoms with van der Waals surface area (Å²) in [5.41, 5.74) is -0.0736. The molecule has 2 atom stereocenters. The minimum atomic E-state index is -7.96. The Labute approximate surface area is 160 Å². The number of halogens is 13. The summed E-state index contributed by atoms with van der Waals surface area (Å²) in [5, 5.41) is 9.76. The molecule has 0 fully saturated rings. The van der Waals surface area contributed by atoms with Crippen molar-refractivity contribution >= 4 is 0 Å². The van der Waals surface area contributed by atoms with Crippen molar-refractivity contribution in [3.05, 3.63) is 35.4 Å². The molecule has 0 heterocycles. The van der Waals surface area contributed by atoms with Gasteiger partial charge in [-0.05, 0) is 12.5 Å². The lowest BCUT2D eigenvalue weighted by Crippen LogP contribution is -2.71. The van der Waals surface area contributed by atoms with E-state index in [4.69, 9.17) is 0 Å². The maximum atomic E-state index is 14.1. The number of hydrogen-bond donors (Lipinski definition) is 1. The van der Waals surface area contributed by atoms with E-state index in [0.717, 1.165) is 12.1 Å². The minimum Gasteiger partial charge on any atom is -0.388 e. The first-order chi connectivity index (χ1) is 13.1. The van der Waals surface area contributed by atoms with Crippen molar-refractivity contribution in [2.24, 2.45) is 5.92 Å². The van der Waals surface area contributed by atoms with Crippen LogP contribution in [0.15, 0.2) is 24.3 Å². The Kier molecular flexibility index (Phi) is 6.53. The fraction of sp³-hybridized carbons (Fsp3) is 0.625. The molecule has 1 aromatic carbocycles. The molecular weight excluding hydrogens is 455 g/mol. The van der Waals surface area contributed by atoms with Crippen molar-refractivity contribution in [3.8, 4) is 0 Å². The van der Waals surface area contributed by atoms with E-state index in [1.807, 2.05) is 0 Å². The van der Waals surface area contributed by atoms with Crippen molar-refractivity contribution in [3.63, 3.8) is 0 Å². The van der Waals surface area contributed by atoms with Gasteiger partial charge in [0, 0.05) is 0 Å². The Bertz CT molecular complexity index is 737. The summed E-state index contributed by atoms with van der Waals surface area (Å²) in [7, 11) is 0. The molecule has 0 aromatic heterocycles. The molecule has 0 bridgehead atoms. The molecule has 30 heavy (non-hydrogen) atoms. The van der Waals surface area contributed by atoms with Crippen molar-refractivity contribution in [1.82, 2.24) is 0 Å². The van der Waals surface area contributed by atoms with Gasteiger partial charge in [-0.3, -0.25) is 0 Å². The van der Waals surface area contributed by atoms with Gasteiger partial charge in [0.15, 0.2) is 0 Å². The van der Waals surface area contributed by atoms with E-state index in [9.17, 15) is 62.2 Å². The highest BCUT2D eigenvalue weighted by Gasteiger charge is 2.91. The lowest BCUT2D eigenvalue weighted by atomic mass is 9.83. The van der Waals surface area contributed by atoms with Crippen LogP contribution in [-0.4, -0.2) is 40.9 Å². The highest BCUT2D eigenvalue weighted by molar-refractivity contribution is 5.24. The summed E-state index contributed by atoms with van der Waals surface area (Å²) in [6, 6.07) is 4.15. The van der Waals surface area contributed by atoms with Crippen LogP contribution in [0.4, 0.5) is 57.1 Å². The summed E-state index contributed by atoms with van der Waals surface area (Å²) in [6.07, 6.45) is -10.2. The van der Waals surface area contributed by atoms with Gasteiger partial charge in [0.25, 0.3) is 0 Å². The van der Waals surface area contributed by atoms with Crippen LogP contribution in [0.3, 0.4) is 0 Å². The van der Waals surface area contributed by atoms with Crippen LogP contribution in [0, 0.1) is 12.8 Å². The summed E-state index contributed by atoms with van der Waals surface area (Å²) in [4.78, 5) is 0. The Morgan fingerprint density at radius 1 is 0.633 bits per heavy atom.